The number of halogens is 3. The third-order valence-corrected chi connectivity index (χ3v) is 2.84. The smallest absolute Gasteiger partial charge is 0.471 e. The molecule has 0 saturated heterocycles. The maximum Gasteiger partial charge on any atom is 0.471 e. The van der Waals surface area contributed by atoms with E-state index in [1.54, 1.807) is 12.1 Å². The first-order valence-electron chi connectivity index (χ1n) is 6.48. The lowest BCUT2D eigenvalue weighted by Gasteiger charge is -2.12. The Morgan fingerprint density at radius 3 is 2.29 bits per heavy atom. The standard InChI is InChI=1S/C14H15F3N2O2/c1-4-5-20-11-8(2)6-10(7-9(11)3)12-18-13(21-19-12)14(15,16)17/h6-7H,4-5H2,1-3H3. The Kier molecular flexibility index (Phi) is 4.20. The third kappa shape index (κ3) is 3.34. The molecule has 1 heterocycles. The first-order valence-corrected chi connectivity index (χ1v) is 6.48. The van der Waals surface area contributed by atoms with Crippen LogP contribution in [0.5, 0.6) is 5.75 Å². The van der Waals surface area contributed by atoms with Gasteiger partial charge >= 0.3 is 12.1 Å². The molecule has 2 aromatic rings. The summed E-state index contributed by atoms with van der Waals surface area (Å²) in [7, 11) is 0. The lowest BCUT2D eigenvalue weighted by atomic mass is 10.1. The molecule has 114 valence electrons. The topological polar surface area (TPSA) is 48.2 Å². The molecule has 0 atom stereocenters. The van der Waals surface area contributed by atoms with Gasteiger partial charge in [-0.2, -0.15) is 18.2 Å². The van der Waals surface area contributed by atoms with E-state index >= 15 is 0 Å². The number of rotatable bonds is 4. The molecule has 0 aliphatic rings. The van der Waals surface area contributed by atoms with E-state index in [9.17, 15) is 13.2 Å². The van der Waals surface area contributed by atoms with E-state index in [-0.39, 0.29) is 5.82 Å². The fourth-order valence-electron chi connectivity index (χ4n) is 1.97. The number of aromatic nitrogens is 2. The number of alkyl halides is 3. The molecular weight excluding hydrogens is 285 g/mol. The van der Waals surface area contributed by atoms with E-state index < -0.39 is 12.1 Å². The summed E-state index contributed by atoms with van der Waals surface area (Å²) in [5.41, 5.74) is 2.10. The van der Waals surface area contributed by atoms with Gasteiger partial charge in [0.05, 0.1) is 6.61 Å². The second-order valence-corrected chi connectivity index (χ2v) is 4.71. The van der Waals surface area contributed by atoms with E-state index in [0.717, 1.165) is 23.3 Å². The van der Waals surface area contributed by atoms with Gasteiger partial charge in [-0.05, 0) is 43.5 Å². The quantitative estimate of drug-likeness (QED) is 0.850. The van der Waals surface area contributed by atoms with Crippen molar-refractivity contribution in [2.24, 2.45) is 0 Å². The summed E-state index contributed by atoms with van der Waals surface area (Å²) in [5, 5.41) is 3.38. The Hall–Kier alpha value is -2.05. The molecule has 0 bridgehead atoms. The molecule has 2 rings (SSSR count). The largest absolute Gasteiger partial charge is 0.493 e. The van der Waals surface area contributed by atoms with Gasteiger partial charge in [-0.15, -0.1) is 0 Å². The Morgan fingerprint density at radius 1 is 1.19 bits per heavy atom. The van der Waals surface area contributed by atoms with Crippen LogP contribution in [0.25, 0.3) is 11.4 Å². The van der Waals surface area contributed by atoms with Gasteiger partial charge in [0.2, 0.25) is 5.82 Å². The highest BCUT2D eigenvalue weighted by molar-refractivity contribution is 5.61. The summed E-state index contributed by atoms with van der Waals surface area (Å²) in [6.07, 6.45) is -3.76. The minimum Gasteiger partial charge on any atom is -0.493 e. The molecular formula is C14H15F3N2O2. The summed E-state index contributed by atoms with van der Waals surface area (Å²) in [6.45, 7) is 6.23. The van der Waals surface area contributed by atoms with Crippen LogP contribution in [0.4, 0.5) is 13.2 Å². The molecule has 1 aromatic carbocycles. The number of benzene rings is 1. The molecule has 7 heteroatoms. The van der Waals surface area contributed by atoms with Crippen molar-refractivity contribution in [2.75, 3.05) is 6.61 Å². The Bertz CT molecular complexity index is 612. The van der Waals surface area contributed by atoms with Gasteiger partial charge in [-0.1, -0.05) is 12.1 Å². The zero-order valence-corrected chi connectivity index (χ0v) is 11.9. The lowest BCUT2D eigenvalue weighted by Crippen LogP contribution is -2.05. The molecule has 0 fully saturated rings. The molecule has 0 amide bonds. The van der Waals surface area contributed by atoms with Crippen LogP contribution in [0.3, 0.4) is 0 Å². The fraction of sp³-hybridized carbons (Fsp3) is 0.429. The highest BCUT2D eigenvalue weighted by atomic mass is 19.4. The molecule has 0 saturated carbocycles. The second-order valence-electron chi connectivity index (χ2n) is 4.71. The van der Waals surface area contributed by atoms with Crippen molar-refractivity contribution in [1.82, 2.24) is 10.1 Å². The van der Waals surface area contributed by atoms with Crippen molar-refractivity contribution in [3.63, 3.8) is 0 Å². The van der Waals surface area contributed by atoms with Crippen molar-refractivity contribution >= 4 is 0 Å². The number of hydrogen-bond acceptors (Lipinski definition) is 4. The highest BCUT2D eigenvalue weighted by Crippen LogP contribution is 2.32. The summed E-state index contributed by atoms with van der Waals surface area (Å²) in [6, 6.07) is 3.37. The van der Waals surface area contributed by atoms with Crippen molar-refractivity contribution in [2.45, 2.75) is 33.4 Å². The van der Waals surface area contributed by atoms with Crippen LogP contribution < -0.4 is 4.74 Å². The molecule has 0 unspecified atom stereocenters. The number of nitrogens with zero attached hydrogens (tertiary/aromatic N) is 2. The first-order chi connectivity index (χ1) is 9.82. The summed E-state index contributed by atoms with van der Waals surface area (Å²) in [4.78, 5) is 3.38. The maximum absolute atomic E-state index is 12.5. The van der Waals surface area contributed by atoms with Crippen molar-refractivity contribution in [3.05, 3.63) is 29.2 Å². The first kappa shape index (κ1) is 15.3. The van der Waals surface area contributed by atoms with E-state index in [1.165, 1.54) is 0 Å². The average molecular weight is 300 g/mol. The maximum atomic E-state index is 12.5. The minimum atomic E-state index is -4.64. The van der Waals surface area contributed by atoms with Crippen molar-refractivity contribution in [3.8, 4) is 17.1 Å². The van der Waals surface area contributed by atoms with Gasteiger partial charge in [0.15, 0.2) is 0 Å². The van der Waals surface area contributed by atoms with Crippen LogP contribution in [-0.2, 0) is 6.18 Å². The summed E-state index contributed by atoms with van der Waals surface area (Å²) in [5.74, 6) is -0.699. The molecule has 1 aromatic heterocycles. The van der Waals surface area contributed by atoms with Crippen LogP contribution in [0, 0.1) is 13.8 Å². The molecule has 0 radical (unpaired) electrons. The van der Waals surface area contributed by atoms with Gasteiger partial charge in [-0.3, -0.25) is 0 Å². The molecule has 0 aliphatic carbocycles. The number of aryl methyl sites for hydroxylation is 2. The van der Waals surface area contributed by atoms with Gasteiger partial charge in [0.25, 0.3) is 0 Å². The van der Waals surface area contributed by atoms with Crippen molar-refractivity contribution in [1.29, 1.82) is 0 Å². The van der Waals surface area contributed by atoms with Crippen LogP contribution >= 0.6 is 0 Å². The van der Waals surface area contributed by atoms with Gasteiger partial charge < -0.3 is 9.26 Å². The zero-order chi connectivity index (χ0) is 15.6. The predicted octanol–water partition coefficient (Wildman–Crippen LogP) is 4.16. The molecule has 0 N–H and O–H groups in total. The van der Waals surface area contributed by atoms with Gasteiger partial charge in [-0.25, -0.2) is 0 Å². The highest BCUT2D eigenvalue weighted by Gasteiger charge is 2.38. The molecule has 0 spiro atoms. The predicted molar refractivity (Wildman–Crippen MR) is 70.0 cm³/mol. The van der Waals surface area contributed by atoms with Gasteiger partial charge in [0, 0.05) is 5.56 Å². The second kappa shape index (κ2) is 5.75. The van der Waals surface area contributed by atoms with Gasteiger partial charge in [0.1, 0.15) is 5.75 Å². The summed E-state index contributed by atoms with van der Waals surface area (Å²) >= 11 is 0. The Balaban J connectivity index is 2.35. The van der Waals surface area contributed by atoms with Crippen molar-refractivity contribution < 1.29 is 22.4 Å². The monoisotopic (exact) mass is 300 g/mol. The van der Waals surface area contributed by atoms with Crippen LogP contribution in [0.15, 0.2) is 16.7 Å². The molecule has 4 nitrogen and oxygen atoms in total. The Morgan fingerprint density at radius 2 is 1.81 bits per heavy atom. The summed E-state index contributed by atoms with van der Waals surface area (Å²) < 4.78 is 47.3. The van der Waals surface area contributed by atoms with Crippen LogP contribution in [-0.4, -0.2) is 16.7 Å². The SMILES string of the molecule is CCCOc1c(C)cc(-c2noc(C(F)(F)F)n2)cc1C. The lowest BCUT2D eigenvalue weighted by molar-refractivity contribution is -0.159. The van der Waals surface area contributed by atoms with E-state index in [0.29, 0.717) is 12.2 Å². The normalized spacial score (nSPS) is 11.7. The zero-order valence-electron chi connectivity index (χ0n) is 11.9. The number of ether oxygens (including phenoxy) is 1. The van der Waals surface area contributed by atoms with Crippen LogP contribution in [0.2, 0.25) is 0 Å². The Labute approximate surface area is 119 Å². The third-order valence-electron chi connectivity index (χ3n) is 2.84. The minimum absolute atomic E-state index is 0.0874. The van der Waals surface area contributed by atoms with E-state index in [1.807, 2.05) is 20.8 Å². The van der Waals surface area contributed by atoms with Crippen LogP contribution in [0.1, 0.15) is 30.4 Å². The van der Waals surface area contributed by atoms with E-state index in [2.05, 4.69) is 14.7 Å². The molecule has 21 heavy (non-hydrogen) atoms. The fourth-order valence-corrected chi connectivity index (χ4v) is 1.97. The average Bonchev–Trinajstić information content (AvgIpc) is 2.87. The molecule has 0 aliphatic heterocycles. The van der Waals surface area contributed by atoms with E-state index in [4.69, 9.17) is 4.74 Å². The number of hydrogen-bond donors (Lipinski definition) is 0.